The van der Waals surface area contributed by atoms with Crippen molar-refractivity contribution in [2.24, 2.45) is 0 Å². The highest BCUT2D eigenvalue weighted by atomic mass is 16.7. The van der Waals surface area contributed by atoms with Crippen LogP contribution in [0.4, 0.5) is 11.8 Å². The van der Waals surface area contributed by atoms with Crippen LogP contribution in [0.25, 0.3) is 0 Å². The second kappa shape index (κ2) is 7.60. The number of hydrogen-bond donors (Lipinski definition) is 1. The van der Waals surface area contributed by atoms with E-state index in [1.54, 1.807) is 0 Å². The molecule has 0 atom stereocenters. The Kier molecular flexibility index (Phi) is 5.03. The highest BCUT2D eigenvalue weighted by Crippen LogP contribution is 2.33. The van der Waals surface area contributed by atoms with Crippen molar-refractivity contribution in [3.63, 3.8) is 0 Å². The third-order valence-electron chi connectivity index (χ3n) is 4.80. The summed E-state index contributed by atoms with van der Waals surface area (Å²) in [5.74, 6) is 3.41. The summed E-state index contributed by atoms with van der Waals surface area (Å²) in [4.78, 5) is 14.0. The molecule has 1 saturated heterocycles. The Balaban J connectivity index is 1.37. The molecule has 1 aromatic heterocycles. The lowest BCUT2D eigenvalue weighted by molar-refractivity contribution is 0.174. The number of fused-ring (bicyclic) bond motifs is 1. The first-order valence-electron chi connectivity index (χ1n) is 9.55. The minimum atomic E-state index is 0.318. The van der Waals surface area contributed by atoms with Gasteiger partial charge in [-0.2, -0.15) is 4.98 Å². The maximum absolute atomic E-state index is 5.48. The topological polar surface area (TPSA) is 62.8 Å². The average Bonchev–Trinajstić information content (AvgIpc) is 3.09. The number of rotatable bonds is 5. The summed E-state index contributed by atoms with van der Waals surface area (Å²) >= 11 is 0. The Morgan fingerprint density at radius 3 is 2.59 bits per heavy atom. The van der Waals surface area contributed by atoms with Gasteiger partial charge in [0.1, 0.15) is 5.82 Å². The zero-order valence-corrected chi connectivity index (χ0v) is 16.2. The van der Waals surface area contributed by atoms with Crippen LogP contribution in [-0.4, -0.2) is 53.9 Å². The molecule has 3 heterocycles. The van der Waals surface area contributed by atoms with E-state index in [9.17, 15) is 0 Å². The van der Waals surface area contributed by atoms with Crippen LogP contribution < -0.4 is 19.7 Å². The second-order valence-corrected chi connectivity index (χ2v) is 7.44. The molecule has 0 spiro atoms. The number of aryl methyl sites for hydroxylation is 1. The molecule has 0 saturated carbocycles. The van der Waals surface area contributed by atoms with Crippen LogP contribution in [0.3, 0.4) is 0 Å². The first-order chi connectivity index (χ1) is 13.1. The maximum Gasteiger partial charge on any atom is 0.231 e. The fourth-order valence-electron chi connectivity index (χ4n) is 3.47. The number of aromatic nitrogens is 2. The van der Waals surface area contributed by atoms with Gasteiger partial charge in [-0.25, -0.2) is 4.98 Å². The molecule has 0 amide bonds. The number of benzene rings is 1. The van der Waals surface area contributed by atoms with Crippen molar-refractivity contribution in [1.82, 2.24) is 14.9 Å². The van der Waals surface area contributed by atoms with Crippen LogP contribution in [0.1, 0.15) is 25.1 Å². The molecule has 4 rings (SSSR count). The van der Waals surface area contributed by atoms with Crippen LogP contribution in [-0.2, 0) is 6.54 Å². The molecule has 1 fully saturated rings. The van der Waals surface area contributed by atoms with E-state index >= 15 is 0 Å². The zero-order valence-electron chi connectivity index (χ0n) is 16.2. The molecule has 0 radical (unpaired) electrons. The van der Waals surface area contributed by atoms with Gasteiger partial charge >= 0.3 is 0 Å². The van der Waals surface area contributed by atoms with Crippen LogP contribution in [0.5, 0.6) is 11.5 Å². The molecule has 1 aromatic carbocycles. The molecule has 2 aliphatic rings. The Hall–Kier alpha value is -2.54. The smallest absolute Gasteiger partial charge is 0.231 e. The van der Waals surface area contributed by atoms with E-state index < -0.39 is 0 Å². The van der Waals surface area contributed by atoms with Crippen LogP contribution in [0, 0.1) is 6.92 Å². The maximum atomic E-state index is 5.48. The minimum absolute atomic E-state index is 0.318. The largest absolute Gasteiger partial charge is 0.454 e. The van der Waals surface area contributed by atoms with Crippen LogP contribution in [0.15, 0.2) is 24.3 Å². The molecule has 27 heavy (non-hydrogen) atoms. The molecule has 7 nitrogen and oxygen atoms in total. The molecule has 1 N–H and O–H groups in total. The predicted octanol–water partition coefficient (Wildman–Crippen LogP) is 2.66. The van der Waals surface area contributed by atoms with Crippen molar-refractivity contribution >= 4 is 11.8 Å². The van der Waals surface area contributed by atoms with Gasteiger partial charge in [0.25, 0.3) is 0 Å². The van der Waals surface area contributed by atoms with E-state index in [0.29, 0.717) is 18.8 Å². The van der Waals surface area contributed by atoms with E-state index in [-0.39, 0.29) is 0 Å². The number of anilines is 2. The number of nitrogens with zero attached hydrogens (tertiary/aromatic N) is 4. The zero-order chi connectivity index (χ0) is 18.8. The van der Waals surface area contributed by atoms with Crippen LogP contribution >= 0.6 is 0 Å². The van der Waals surface area contributed by atoms with Gasteiger partial charge in [0.15, 0.2) is 11.5 Å². The first-order valence-corrected chi connectivity index (χ1v) is 9.55. The van der Waals surface area contributed by atoms with E-state index in [2.05, 4.69) is 52.1 Å². The van der Waals surface area contributed by atoms with Crippen molar-refractivity contribution in [2.45, 2.75) is 33.4 Å². The van der Waals surface area contributed by atoms with Gasteiger partial charge in [-0.05, 0) is 38.5 Å². The van der Waals surface area contributed by atoms with E-state index in [1.165, 1.54) is 5.56 Å². The van der Waals surface area contributed by atoms with E-state index in [4.69, 9.17) is 14.5 Å². The van der Waals surface area contributed by atoms with E-state index in [0.717, 1.165) is 55.7 Å². The monoisotopic (exact) mass is 369 g/mol. The molecule has 0 bridgehead atoms. The highest BCUT2D eigenvalue weighted by molar-refractivity contribution is 5.46. The third-order valence-corrected chi connectivity index (χ3v) is 4.80. The molecular weight excluding hydrogens is 342 g/mol. The van der Waals surface area contributed by atoms with Gasteiger partial charge in [-0.15, -0.1) is 0 Å². The van der Waals surface area contributed by atoms with Crippen molar-refractivity contribution < 1.29 is 9.47 Å². The van der Waals surface area contributed by atoms with Crippen molar-refractivity contribution in [3.05, 3.63) is 35.5 Å². The van der Waals surface area contributed by atoms with Crippen LogP contribution in [0.2, 0.25) is 0 Å². The van der Waals surface area contributed by atoms with Gasteiger partial charge in [-0.3, -0.25) is 4.90 Å². The Morgan fingerprint density at radius 2 is 1.81 bits per heavy atom. The summed E-state index contributed by atoms with van der Waals surface area (Å²) < 4.78 is 10.9. The summed E-state index contributed by atoms with van der Waals surface area (Å²) in [6.07, 6.45) is 0. The Bertz CT molecular complexity index is 803. The predicted molar refractivity (Wildman–Crippen MR) is 106 cm³/mol. The molecule has 2 aliphatic heterocycles. The van der Waals surface area contributed by atoms with Gasteiger partial charge in [0, 0.05) is 50.5 Å². The van der Waals surface area contributed by atoms with Gasteiger partial charge < -0.3 is 19.7 Å². The first kappa shape index (κ1) is 17.9. The summed E-state index contributed by atoms with van der Waals surface area (Å²) in [6.45, 7) is 11.4. The lowest BCUT2D eigenvalue weighted by atomic mass is 10.1. The number of nitrogens with one attached hydrogen (secondary N) is 1. The summed E-state index contributed by atoms with van der Waals surface area (Å²) in [5.41, 5.74) is 2.25. The molecule has 2 aromatic rings. The number of hydrogen-bond acceptors (Lipinski definition) is 7. The van der Waals surface area contributed by atoms with Gasteiger partial charge in [0.2, 0.25) is 12.7 Å². The Labute approximate surface area is 160 Å². The highest BCUT2D eigenvalue weighted by Gasteiger charge is 2.20. The fourth-order valence-corrected chi connectivity index (χ4v) is 3.47. The molecular formula is C20H27N5O2. The lowest BCUT2D eigenvalue weighted by Gasteiger charge is -2.35. The summed E-state index contributed by atoms with van der Waals surface area (Å²) in [5, 5.41) is 3.31. The summed E-state index contributed by atoms with van der Waals surface area (Å²) in [7, 11) is 0. The minimum Gasteiger partial charge on any atom is -0.454 e. The molecule has 7 heteroatoms. The standard InChI is InChI=1S/C20H27N5O2/c1-14(2)21-20-22-15(3)10-19(23-20)25-8-6-24(7-9-25)12-16-4-5-17-18(11-16)27-13-26-17/h4-5,10-11,14H,6-9,12-13H2,1-3H3,(H,21,22,23). The number of ether oxygens (including phenoxy) is 2. The lowest BCUT2D eigenvalue weighted by Crippen LogP contribution is -2.46. The van der Waals surface area contributed by atoms with Crippen molar-refractivity contribution in [3.8, 4) is 11.5 Å². The third kappa shape index (κ3) is 4.24. The Morgan fingerprint density at radius 1 is 1.04 bits per heavy atom. The number of piperazine rings is 1. The quantitative estimate of drug-likeness (QED) is 0.869. The van der Waals surface area contributed by atoms with E-state index in [1.807, 2.05) is 13.0 Å². The molecule has 0 aliphatic carbocycles. The molecule has 0 unspecified atom stereocenters. The summed E-state index contributed by atoms with van der Waals surface area (Å²) in [6, 6.07) is 8.60. The van der Waals surface area contributed by atoms with Crippen molar-refractivity contribution in [1.29, 1.82) is 0 Å². The second-order valence-electron chi connectivity index (χ2n) is 7.44. The fraction of sp³-hybridized carbons (Fsp3) is 0.500. The van der Waals surface area contributed by atoms with Gasteiger partial charge in [-0.1, -0.05) is 6.07 Å². The normalized spacial score (nSPS) is 16.8. The van der Waals surface area contributed by atoms with Gasteiger partial charge in [0.05, 0.1) is 0 Å². The molecule has 144 valence electrons. The van der Waals surface area contributed by atoms with Crippen molar-refractivity contribution in [2.75, 3.05) is 43.2 Å². The average molecular weight is 369 g/mol. The SMILES string of the molecule is Cc1cc(N2CCN(Cc3ccc4c(c3)OCO4)CC2)nc(NC(C)C)n1.